The second-order valence-electron chi connectivity index (χ2n) is 5.90. The summed E-state index contributed by atoms with van der Waals surface area (Å²) in [5.74, 6) is 0.638. The molecule has 1 aromatic carbocycles. The quantitative estimate of drug-likeness (QED) is 0.763. The van der Waals surface area contributed by atoms with Crippen molar-refractivity contribution in [3.8, 4) is 0 Å². The number of hydrogen-bond donors (Lipinski definition) is 2. The average Bonchev–Trinajstić information content (AvgIpc) is 3.21. The van der Waals surface area contributed by atoms with Gasteiger partial charge in [-0.3, -0.25) is 4.79 Å². The van der Waals surface area contributed by atoms with E-state index in [-0.39, 0.29) is 16.8 Å². The van der Waals surface area contributed by atoms with Crippen LogP contribution < -0.4 is 10.0 Å². The van der Waals surface area contributed by atoms with Crippen LogP contribution in [0.5, 0.6) is 0 Å². The molecule has 1 saturated carbocycles. The largest absolute Gasteiger partial charge is 0.467 e. The highest BCUT2D eigenvalue weighted by Gasteiger charge is 2.27. The number of furan rings is 1. The number of hydrogen-bond acceptors (Lipinski definition) is 4. The number of sulfonamides is 1. The predicted octanol–water partition coefficient (Wildman–Crippen LogP) is 1.97. The van der Waals surface area contributed by atoms with Gasteiger partial charge in [-0.1, -0.05) is 12.1 Å². The Labute approximate surface area is 141 Å². The SMILES string of the molecule is O=C(CCc1ccc(S(=O)(=O)NC2CC2)cc1)NCc1ccco1. The van der Waals surface area contributed by atoms with Crippen LogP contribution in [0.3, 0.4) is 0 Å². The average molecular weight is 348 g/mol. The minimum absolute atomic E-state index is 0.0708. The van der Waals surface area contributed by atoms with Gasteiger partial charge < -0.3 is 9.73 Å². The van der Waals surface area contributed by atoms with Crippen LogP contribution in [0, 0.1) is 0 Å². The van der Waals surface area contributed by atoms with Gasteiger partial charge in [0.15, 0.2) is 0 Å². The summed E-state index contributed by atoms with van der Waals surface area (Å²) in [6.07, 6.45) is 4.28. The molecule has 24 heavy (non-hydrogen) atoms. The molecule has 1 heterocycles. The fourth-order valence-corrected chi connectivity index (χ4v) is 3.57. The lowest BCUT2D eigenvalue weighted by molar-refractivity contribution is -0.121. The lowest BCUT2D eigenvalue weighted by Crippen LogP contribution is -2.25. The van der Waals surface area contributed by atoms with Crippen LogP contribution in [-0.4, -0.2) is 20.4 Å². The summed E-state index contributed by atoms with van der Waals surface area (Å²) in [5, 5.41) is 2.78. The first kappa shape index (κ1) is 16.7. The van der Waals surface area contributed by atoms with E-state index in [1.165, 1.54) is 0 Å². The smallest absolute Gasteiger partial charge is 0.240 e. The first-order valence-electron chi connectivity index (χ1n) is 7.93. The first-order valence-corrected chi connectivity index (χ1v) is 9.41. The Hall–Kier alpha value is -2.12. The van der Waals surface area contributed by atoms with Gasteiger partial charge in [0.1, 0.15) is 5.76 Å². The van der Waals surface area contributed by atoms with Crippen LogP contribution in [0.15, 0.2) is 52.0 Å². The molecule has 0 saturated heterocycles. The zero-order valence-electron chi connectivity index (χ0n) is 13.2. The summed E-state index contributed by atoms with van der Waals surface area (Å²) in [4.78, 5) is 12.1. The monoisotopic (exact) mass is 348 g/mol. The van der Waals surface area contributed by atoms with Crippen LogP contribution in [0.1, 0.15) is 30.6 Å². The molecule has 2 aromatic rings. The standard InChI is InChI=1S/C17H20N2O4S/c20-17(18-12-15-2-1-11-23-15)10-5-13-3-8-16(9-4-13)24(21,22)19-14-6-7-14/h1-4,8-9,11,14,19H,5-7,10,12H2,(H,18,20). The molecule has 2 N–H and O–H groups in total. The minimum Gasteiger partial charge on any atom is -0.467 e. The van der Waals surface area contributed by atoms with Crippen molar-refractivity contribution in [3.05, 3.63) is 54.0 Å². The molecule has 1 aliphatic carbocycles. The topological polar surface area (TPSA) is 88.4 Å². The molecule has 1 aromatic heterocycles. The molecule has 0 aliphatic heterocycles. The molecule has 0 radical (unpaired) electrons. The van der Waals surface area contributed by atoms with Gasteiger partial charge in [0.2, 0.25) is 15.9 Å². The minimum atomic E-state index is -3.42. The Kier molecular flexibility index (Phi) is 5.01. The highest BCUT2D eigenvalue weighted by atomic mass is 32.2. The molecule has 0 bridgehead atoms. The molecule has 3 rings (SSSR count). The summed E-state index contributed by atoms with van der Waals surface area (Å²) < 4.78 is 31.9. The molecular formula is C17H20N2O4S. The number of benzene rings is 1. The lowest BCUT2D eigenvalue weighted by atomic mass is 10.1. The van der Waals surface area contributed by atoms with Crippen LogP contribution in [-0.2, 0) is 27.8 Å². The van der Waals surface area contributed by atoms with E-state index in [0.717, 1.165) is 18.4 Å². The lowest BCUT2D eigenvalue weighted by Gasteiger charge is -2.07. The van der Waals surface area contributed by atoms with E-state index in [1.54, 1.807) is 42.7 Å². The van der Waals surface area contributed by atoms with E-state index in [1.807, 2.05) is 0 Å². The molecule has 0 spiro atoms. The highest BCUT2D eigenvalue weighted by Crippen LogP contribution is 2.22. The van der Waals surface area contributed by atoms with Crippen molar-refractivity contribution in [2.24, 2.45) is 0 Å². The Bertz CT molecular complexity index is 779. The van der Waals surface area contributed by atoms with Crippen molar-refractivity contribution >= 4 is 15.9 Å². The zero-order valence-corrected chi connectivity index (χ0v) is 14.0. The summed E-state index contributed by atoms with van der Waals surface area (Å²) in [5.41, 5.74) is 0.925. The molecule has 0 atom stereocenters. The predicted molar refractivity (Wildman–Crippen MR) is 88.7 cm³/mol. The van der Waals surface area contributed by atoms with Gasteiger partial charge >= 0.3 is 0 Å². The first-order chi connectivity index (χ1) is 11.5. The summed E-state index contributed by atoms with van der Waals surface area (Å²) >= 11 is 0. The second kappa shape index (κ2) is 7.19. The van der Waals surface area contributed by atoms with Gasteiger partial charge in [-0.25, -0.2) is 13.1 Å². The van der Waals surface area contributed by atoms with Crippen molar-refractivity contribution in [3.63, 3.8) is 0 Å². The third-order valence-electron chi connectivity index (χ3n) is 3.81. The molecule has 7 heteroatoms. The summed E-state index contributed by atoms with van der Waals surface area (Å²) in [6.45, 7) is 0.371. The number of carbonyl (C=O) groups excluding carboxylic acids is 1. The van der Waals surface area contributed by atoms with Gasteiger partial charge in [-0.2, -0.15) is 0 Å². The van der Waals surface area contributed by atoms with Gasteiger partial charge in [0.05, 0.1) is 17.7 Å². The number of nitrogens with one attached hydrogen (secondary N) is 2. The number of rotatable bonds is 8. The van der Waals surface area contributed by atoms with E-state index < -0.39 is 10.0 Å². The fourth-order valence-electron chi connectivity index (χ4n) is 2.27. The molecule has 128 valence electrons. The highest BCUT2D eigenvalue weighted by molar-refractivity contribution is 7.89. The van der Waals surface area contributed by atoms with E-state index in [0.29, 0.717) is 25.1 Å². The van der Waals surface area contributed by atoms with Crippen LogP contribution in [0.4, 0.5) is 0 Å². The molecule has 1 amide bonds. The van der Waals surface area contributed by atoms with E-state index in [9.17, 15) is 13.2 Å². The third-order valence-corrected chi connectivity index (χ3v) is 5.35. The Balaban J connectivity index is 1.48. The number of aryl methyl sites for hydroxylation is 1. The molecular weight excluding hydrogens is 328 g/mol. The third kappa shape index (κ3) is 4.69. The normalized spacial score (nSPS) is 14.5. The van der Waals surface area contributed by atoms with Gasteiger partial charge in [-0.05, 0) is 49.1 Å². The Morgan fingerprint density at radius 2 is 1.92 bits per heavy atom. The van der Waals surface area contributed by atoms with Gasteiger partial charge in [0, 0.05) is 12.5 Å². The van der Waals surface area contributed by atoms with E-state index in [4.69, 9.17) is 4.42 Å². The molecule has 0 unspecified atom stereocenters. The maximum absolute atomic E-state index is 12.1. The summed E-state index contributed by atoms with van der Waals surface area (Å²) in [6, 6.07) is 10.3. The van der Waals surface area contributed by atoms with Gasteiger partial charge in [0.25, 0.3) is 0 Å². The van der Waals surface area contributed by atoms with Crippen molar-refractivity contribution in [1.29, 1.82) is 0 Å². The maximum Gasteiger partial charge on any atom is 0.240 e. The Morgan fingerprint density at radius 3 is 2.54 bits per heavy atom. The van der Waals surface area contributed by atoms with Crippen molar-refractivity contribution < 1.29 is 17.6 Å². The zero-order chi connectivity index (χ0) is 17.0. The van der Waals surface area contributed by atoms with Crippen molar-refractivity contribution in [1.82, 2.24) is 10.0 Å². The van der Waals surface area contributed by atoms with Crippen LogP contribution >= 0.6 is 0 Å². The van der Waals surface area contributed by atoms with Gasteiger partial charge in [-0.15, -0.1) is 0 Å². The van der Waals surface area contributed by atoms with Crippen LogP contribution in [0.2, 0.25) is 0 Å². The number of carbonyl (C=O) groups is 1. The Morgan fingerprint density at radius 1 is 1.17 bits per heavy atom. The molecule has 1 aliphatic rings. The van der Waals surface area contributed by atoms with Crippen molar-refractivity contribution in [2.75, 3.05) is 0 Å². The number of amides is 1. The molecule has 1 fully saturated rings. The molecule has 6 nitrogen and oxygen atoms in total. The summed E-state index contributed by atoms with van der Waals surface area (Å²) in [7, 11) is -3.42. The van der Waals surface area contributed by atoms with E-state index in [2.05, 4.69) is 10.0 Å². The maximum atomic E-state index is 12.1. The second-order valence-corrected chi connectivity index (χ2v) is 7.61. The fraction of sp³-hybridized carbons (Fsp3) is 0.353. The van der Waals surface area contributed by atoms with Crippen molar-refractivity contribution in [2.45, 2.75) is 43.2 Å². The van der Waals surface area contributed by atoms with E-state index >= 15 is 0 Å². The van der Waals surface area contributed by atoms with Crippen LogP contribution in [0.25, 0.3) is 0 Å².